The van der Waals surface area contributed by atoms with Gasteiger partial charge in [0.1, 0.15) is 5.75 Å². The van der Waals surface area contributed by atoms with Gasteiger partial charge in [0.25, 0.3) is 11.8 Å². The molecule has 32 heavy (non-hydrogen) atoms. The van der Waals surface area contributed by atoms with Crippen LogP contribution in [0.5, 0.6) is 5.75 Å². The third-order valence-corrected chi connectivity index (χ3v) is 5.08. The summed E-state index contributed by atoms with van der Waals surface area (Å²) in [6.07, 6.45) is 0. The zero-order chi connectivity index (χ0) is 23.1. The Labute approximate surface area is 188 Å². The molecule has 0 saturated carbocycles. The van der Waals surface area contributed by atoms with Crippen LogP contribution in [-0.4, -0.2) is 24.1 Å². The van der Waals surface area contributed by atoms with Crippen LogP contribution >= 0.6 is 0 Å². The molecule has 3 aromatic carbocycles. The van der Waals surface area contributed by atoms with Crippen LogP contribution in [0.15, 0.2) is 71.8 Å². The molecular weight excluding hydrogens is 402 g/mol. The summed E-state index contributed by atoms with van der Waals surface area (Å²) in [5.41, 5.74) is 8.27. The molecule has 2 amide bonds. The molecule has 0 radical (unpaired) electrons. The SMILES string of the molecule is C/C(=N/NC(=O)COc1cccc(C)c1C)c1cccc(NC(=O)c2cccc(C)c2)c1. The minimum atomic E-state index is -0.353. The van der Waals surface area contributed by atoms with E-state index in [0.29, 0.717) is 22.7 Å². The summed E-state index contributed by atoms with van der Waals surface area (Å²) in [4.78, 5) is 24.6. The predicted molar refractivity (Wildman–Crippen MR) is 127 cm³/mol. The molecule has 0 spiro atoms. The Morgan fingerprint density at radius 2 is 1.62 bits per heavy atom. The third-order valence-electron chi connectivity index (χ3n) is 5.08. The summed E-state index contributed by atoms with van der Waals surface area (Å²) in [6.45, 7) is 7.54. The molecule has 0 atom stereocenters. The van der Waals surface area contributed by atoms with E-state index in [2.05, 4.69) is 15.8 Å². The number of carbonyl (C=O) groups is 2. The van der Waals surface area contributed by atoms with Crippen molar-refractivity contribution in [3.8, 4) is 5.75 Å². The molecule has 0 aliphatic heterocycles. The fourth-order valence-corrected chi connectivity index (χ4v) is 3.08. The first-order chi connectivity index (χ1) is 15.3. The fourth-order valence-electron chi connectivity index (χ4n) is 3.08. The summed E-state index contributed by atoms with van der Waals surface area (Å²) in [6, 6.07) is 20.4. The zero-order valence-corrected chi connectivity index (χ0v) is 18.7. The molecule has 6 heteroatoms. The number of hydrogen-bond acceptors (Lipinski definition) is 4. The molecule has 3 aromatic rings. The maximum absolute atomic E-state index is 12.5. The van der Waals surface area contributed by atoms with Crippen molar-refractivity contribution in [2.24, 2.45) is 5.10 Å². The van der Waals surface area contributed by atoms with E-state index < -0.39 is 0 Å². The molecule has 0 fully saturated rings. The van der Waals surface area contributed by atoms with E-state index in [1.807, 2.05) is 75.4 Å². The van der Waals surface area contributed by atoms with Crippen LogP contribution in [0.2, 0.25) is 0 Å². The largest absolute Gasteiger partial charge is 0.483 e. The zero-order valence-electron chi connectivity index (χ0n) is 18.7. The van der Waals surface area contributed by atoms with Crippen LogP contribution in [0, 0.1) is 20.8 Å². The Morgan fingerprint density at radius 3 is 2.41 bits per heavy atom. The minimum Gasteiger partial charge on any atom is -0.483 e. The first-order valence-corrected chi connectivity index (χ1v) is 10.3. The highest BCUT2D eigenvalue weighted by Crippen LogP contribution is 2.20. The van der Waals surface area contributed by atoms with E-state index in [-0.39, 0.29) is 18.4 Å². The van der Waals surface area contributed by atoms with Gasteiger partial charge in [-0.25, -0.2) is 5.43 Å². The van der Waals surface area contributed by atoms with Crippen LogP contribution in [0.1, 0.15) is 39.5 Å². The van der Waals surface area contributed by atoms with Crippen molar-refractivity contribution in [1.82, 2.24) is 5.43 Å². The summed E-state index contributed by atoms with van der Waals surface area (Å²) >= 11 is 0. The second kappa shape index (κ2) is 10.4. The van der Waals surface area contributed by atoms with Crippen molar-refractivity contribution < 1.29 is 14.3 Å². The van der Waals surface area contributed by atoms with Gasteiger partial charge in [-0.2, -0.15) is 5.10 Å². The molecule has 0 heterocycles. The summed E-state index contributed by atoms with van der Waals surface area (Å²) < 4.78 is 5.60. The van der Waals surface area contributed by atoms with Crippen molar-refractivity contribution in [1.29, 1.82) is 0 Å². The Morgan fingerprint density at radius 1 is 0.906 bits per heavy atom. The number of nitrogens with one attached hydrogen (secondary N) is 2. The lowest BCUT2D eigenvalue weighted by Crippen LogP contribution is -2.25. The van der Waals surface area contributed by atoms with Crippen LogP contribution in [0.3, 0.4) is 0 Å². The average molecular weight is 430 g/mol. The van der Waals surface area contributed by atoms with E-state index in [0.717, 1.165) is 22.3 Å². The van der Waals surface area contributed by atoms with Gasteiger partial charge in [-0.05, 0) is 74.7 Å². The Kier molecular flexibility index (Phi) is 7.39. The van der Waals surface area contributed by atoms with Crippen LogP contribution in [-0.2, 0) is 4.79 Å². The number of nitrogens with zero attached hydrogens (tertiary/aromatic N) is 1. The van der Waals surface area contributed by atoms with E-state index in [4.69, 9.17) is 4.74 Å². The van der Waals surface area contributed by atoms with Crippen molar-refractivity contribution in [3.63, 3.8) is 0 Å². The standard InChI is InChI=1S/C26H27N3O3/c1-17-8-5-11-22(14-17)26(31)27-23-12-7-10-21(15-23)20(4)28-29-25(30)16-32-24-13-6-9-18(2)19(24)3/h5-15H,16H2,1-4H3,(H,27,31)(H,29,30)/b28-20-. The number of ether oxygens (including phenoxy) is 1. The fraction of sp³-hybridized carbons (Fsp3) is 0.192. The predicted octanol–water partition coefficient (Wildman–Crippen LogP) is 4.78. The van der Waals surface area contributed by atoms with Crippen molar-refractivity contribution in [2.45, 2.75) is 27.7 Å². The van der Waals surface area contributed by atoms with E-state index >= 15 is 0 Å². The molecule has 3 rings (SSSR count). The number of amides is 2. The van der Waals surface area contributed by atoms with E-state index in [1.165, 1.54) is 0 Å². The Bertz CT molecular complexity index is 1170. The average Bonchev–Trinajstić information content (AvgIpc) is 2.78. The van der Waals surface area contributed by atoms with Gasteiger partial charge in [0, 0.05) is 11.3 Å². The summed E-state index contributed by atoms with van der Waals surface area (Å²) in [5, 5.41) is 7.05. The number of carbonyl (C=O) groups excluding carboxylic acids is 2. The van der Waals surface area contributed by atoms with Gasteiger partial charge in [0.15, 0.2) is 6.61 Å². The quantitative estimate of drug-likeness (QED) is 0.419. The molecule has 0 aromatic heterocycles. The topological polar surface area (TPSA) is 79.8 Å². The van der Waals surface area contributed by atoms with Crippen molar-refractivity contribution in [3.05, 3.63) is 94.5 Å². The van der Waals surface area contributed by atoms with Crippen molar-refractivity contribution >= 4 is 23.2 Å². The smallest absolute Gasteiger partial charge is 0.277 e. The molecule has 0 aliphatic carbocycles. The minimum absolute atomic E-state index is 0.131. The summed E-state index contributed by atoms with van der Waals surface area (Å²) in [7, 11) is 0. The molecule has 0 saturated heterocycles. The number of rotatable bonds is 7. The monoisotopic (exact) mass is 429 g/mol. The summed E-state index contributed by atoms with van der Waals surface area (Å²) in [5.74, 6) is 0.143. The van der Waals surface area contributed by atoms with Crippen LogP contribution in [0.25, 0.3) is 0 Å². The lowest BCUT2D eigenvalue weighted by molar-refractivity contribution is -0.123. The lowest BCUT2D eigenvalue weighted by atomic mass is 10.1. The van der Waals surface area contributed by atoms with Gasteiger partial charge in [0.2, 0.25) is 0 Å². The third kappa shape index (κ3) is 6.04. The number of hydrazone groups is 1. The van der Waals surface area contributed by atoms with Gasteiger partial charge in [-0.3, -0.25) is 9.59 Å². The van der Waals surface area contributed by atoms with Gasteiger partial charge >= 0.3 is 0 Å². The number of anilines is 1. The second-order valence-corrected chi connectivity index (χ2v) is 7.62. The maximum atomic E-state index is 12.5. The highest BCUT2D eigenvalue weighted by Gasteiger charge is 2.09. The van der Waals surface area contributed by atoms with Gasteiger partial charge in [-0.1, -0.05) is 42.0 Å². The molecule has 0 bridgehead atoms. The van der Waals surface area contributed by atoms with Gasteiger partial charge < -0.3 is 10.1 Å². The van der Waals surface area contributed by atoms with Gasteiger partial charge in [-0.15, -0.1) is 0 Å². The first-order valence-electron chi connectivity index (χ1n) is 10.3. The number of aryl methyl sites for hydroxylation is 2. The van der Waals surface area contributed by atoms with Crippen LogP contribution in [0.4, 0.5) is 5.69 Å². The van der Waals surface area contributed by atoms with Gasteiger partial charge in [0.05, 0.1) is 5.71 Å². The molecule has 6 nitrogen and oxygen atoms in total. The molecule has 2 N–H and O–H groups in total. The number of hydrogen-bond donors (Lipinski definition) is 2. The second-order valence-electron chi connectivity index (χ2n) is 7.62. The normalized spacial score (nSPS) is 11.1. The van der Waals surface area contributed by atoms with E-state index in [1.54, 1.807) is 19.1 Å². The van der Waals surface area contributed by atoms with Crippen LogP contribution < -0.4 is 15.5 Å². The molecule has 0 aliphatic rings. The lowest BCUT2D eigenvalue weighted by Gasteiger charge is -2.10. The first kappa shape index (κ1) is 22.7. The Balaban J connectivity index is 1.59. The van der Waals surface area contributed by atoms with Crippen molar-refractivity contribution in [2.75, 3.05) is 11.9 Å². The highest BCUT2D eigenvalue weighted by atomic mass is 16.5. The van der Waals surface area contributed by atoms with E-state index in [9.17, 15) is 9.59 Å². The number of benzene rings is 3. The Hall–Kier alpha value is -3.93. The molecular formula is C26H27N3O3. The molecule has 164 valence electrons. The maximum Gasteiger partial charge on any atom is 0.277 e. The highest BCUT2D eigenvalue weighted by molar-refractivity contribution is 6.05. The molecule has 0 unspecified atom stereocenters.